The van der Waals surface area contributed by atoms with Gasteiger partial charge in [0.2, 0.25) is 0 Å². The molecule has 0 aliphatic carbocycles. The van der Waals surface area contributed by atoms with Crippen molar-refractivity contribution in [2.75, 3.05) is 6.61 Å². The quantitative estimate of drug-likeness (QED) is 0.255. The third kappa shape index (κ3) is 5.74. The van der Waals surface area contributed by atoms with Gasteiger partial charge in [0.05, 0.1) is 10.7 Å². The van der Waals surface area contributed by atoms with Crippen molar-refractivity contribution in [1.82, 2.24) is 5.43 Å². The summed E-state index contributed by atoms with van der Waals surface area (Å²) in [5.74, 6) is 1.03. The van der Waals surface area contributed by atoms with Gasteiger partial charge in [-0.1, -0.05) is 60.7 Å². The highest BCUT2D eigenvalue weighted by Crippen LogP contribution is 2.32. The zero-order chi connectivity index (χ0) is 22.2. The van der Waals surface area contributed by atoms with Crippen LogP contribution in [0.1, 0.15) is 11.1 Å². The second kappa shape index (κ2) is 10.6. The normalized spacial score (nSPS) is 10.9. The van der Waals surface area contributed by atoms with E-state index in [-0.39, 0.29) is 12.5 Å². The van der Waals surface area contributed by atoms with Gasteiger partial charge in [0.15, 0.2) is 6.61 Å². The molecule has 0 aromatic heterocycles. The van der Waals surface area contributed by atoms with Crippen molar-refractivity contribution in [2.45, 2.75) is 6.61 Å². The fourth-order valence-electron chi connectivity index (χ4n) is 3.07. The first-order valence-electron chi connectivity index (χ1n) is 10.1. The Morgan fingerprint density at radius 2 is 1.62 bits per heavy atom. The van der Waals surface area contributed by atoms with Crippen LogP contribution in [0.3, 0.4) is 0 Å². The third-order valence-electron chi connectivity index (χ3n) is 4.72. The minimum Gasteiger partial charge on any atom is -0.489 e. The van der Waals surface area contributed by atoms with Gasteiger partial charge in [0.25, 0.3) is 5.91 Å². The first-order chi connectivity index (χ1) is 15.7. The van der Waals surface area contributed by atoms with Crippen molar-refractivity contribution < 1.29 is 14.3 Å². The fraction of sp³-hybridized carbons (Fsp3) is 0.0769. The number of halogens is 1. The summed E-state index contributed by atoms with van der Waals surface area (Å²) < 4.78 is 12.2. The molecular weight excluding hydrogens is 468 g/mol. The van der Waals surface area contributed by atoms with E-state index in [4.69, 9.17) is 9.47 Å². The first kappa shape index (κ1) is 21.6. The number of carbonyl (C=O) groups excluding carboxylic acids is 1. The van der Waals surface area contributed by atoms with Crippen LogP contribution < -0.4 is 14.9 Å². The number of carbonyl (C=O) groups is 1. The highest BCUT2D eigenvalue weighted by atomic mass is 79.9. The van der Waals surface area contributed by atoms with Crippen molar-refractivity contribution in [3.05, 3.63) is 107 Å². The summed E-state index contributed by atoms with van der Waals surface area (Å²) in [6.07, 6.45) is 1.57. The van der Waals surface area contributed by atoms with Crippen molar-refractivity contribution in [3.8, 4) is 11.5 Å². The number of ether oxygens (including phenoxy) is 2. The average molecular weight is 489 g/mol. The van der Waals surface area contributed by atoms with Crippen molar-refractivity contribution in [2.24, 2.45) is 5.10 Å². The number of nitrogens with zero attached hydrogens (tertiary/aromatic N) is 1. The van der Waals surface area contributed by atoms with E-state index in [1.807, 2.05) is 91.0 Å². The Kier molecular flexibility index (Phi) is 7.15. The summed E-state index contributed by atoms with van der Waals surface area (Å²) in [7, 11) is 0. The van der Waals surface area contributed by atoms with E-state index in [1.165, 1.54) is 0 Å². The molecule has 0 atom stereocenters. The molecule has 5 nitrogen and oxygen atoms in total. The number of hydrogen-bond acceptors (Lipinski definition) is 4. The molecule has 0 fully saturated rings. The van der Waals surface area contributed by atoms with Gasteiger partial charge in [-0.15, -0.1) is 0 Å². The second-order valence-corrected chi connectivity index (χ2v) is 7.82. The summed E-state index contributed by atoms with van der Waals surface area (Å²) >= 11 is 3.55. The molecule has 0 saturated heterocycles. The lowest BCUT2D eigenvalue weighted by Gasteiger charge is -2.09. The zero-order valence-electron chi connectivity index (χ0n) is 17.2. The number of fused-ring (bicyclic) bond motifs is 1. The van der Waals surface area contributed by atoms with Crippen LogP contribution in [0.15, 0.2) is 101 Å². The number of amides is 1. The number of rotatable bonds is 8. The summed E-state index contributed by atoms with van der Waals surface area (Å²) in [6.45, 7) is 0.373. The van der Waals surface area contributed by atoms with Gasteiger partial charge >= 0.3 is 0 Å². The molecule has 0 heterocycles. The first-order valence-corrected chi connectivity index (χ1v) is 10.9. The van der Waals surface area contributed by atoms with E-state index in [0.29, 0.717) is 12.4 Å². The van der Waals surface area contributed by atoms with Gasteiger partial charge in [0.1, 0.15) is 18.1 Å². The van der Waals surface area contributed by atoms with Crippen LogP contribution in [0, 0.1) is 0 Å². The Balaban J connectivity index is 1.25. The monoisotopic (exact) mass is 488 g/mol. The minimum atomic E-state index is -0.343. The maximum Gasteiger partial charge on any atom is 0.277 e. The molecule has 0 bridgehead atoms. The molecule has 32 heavy (non-hydrogen) atoms. The highest BCUT2D eigenvalue weighted by molar-refractivity contribution is 9.10. The van der Waals surface area contributed by atoms with E-state index in [9.17, 15) is 4.79 Å². The van der Waals surface area contributed by atoms with Crippen LogP contribution in [0.5, 0.6) is 11.5 Å². The van der Waals surface area contributed by atoms with Crippen LogP contribution in [-0.4, -0.2) is 18.7 Å². The largest absolute Gasteiger partial charge is 0.489 e. The Morgan fingerprint density at radius 1 is 0.875 bits per heavy atom. The predicted molar refractivity (Wildman–Crippen MR) is 130 cm³/mol. The maximum absolute atomic E-state index is 12.1. The lowest BCUT2D eigenvalue weighted by Crippen LogP contribution is -2.24. The van der Waals surface area contributed by atoms with Gasteiger partial charge in [-0.2, -0.15) is 5.10 Å². The number of hydrazone groups is 1. The molecule has 160 valence electrons. The summed E-state index contributed by atoms with van der Waals surface area (Å²) in [6, 6.07) is 29.2. The van der Waals surface area contributed by atoms with Crippen LogP contribution in [-0.2, 0) is 11.4 Å². The molecule has 0 saturated carbocycles. The second-order valence-electron chi connectivity index (χ2n) is 7.02. The van der Waals surface area contributed by atoms with Crippen LogP contribution in [0.25, 0.3) is 10.8 Å². The highest BCUT2D eigenvalue weighted by Gasteiger charge is 2.08. The van der Waals surface area contributed by atoms with Gasteiger partial charge in [-0.25, -0.2) is 5.43 Å². The molecule has 1 N–H and O–H groups in total. The molecular formula is C26H21BrN2O3. The maximum atomic E-state index is 12.1. The molecule has 0 spiro atoms. The Bertz CT molecular complexity index is 1230. The Morgan fingerprint density at radius 3 is 2.44 bits per heavy atom. The molecule has 4 aromatic rings. The molecule has 0 unspecified atom stereocenters. The van der Waals surface area contributed by atoms with Gasteiger partial charge in [0, 0.05) is 0 Å². The minimum absolute atomic E-state index is 0.138. The SMILES string of the molecule is O=C(COc1ccc2ccccc2c1Br)N/N=C\c1ccc(OCc2ccccc2)cc1. The molecule has 0 aliphatic heterocycles. The van der Waals surface area contributed by atoms with Crippen molar-refractivity contribution in [1.29, 1.82) is 0 Å². The lowest BCUT2D eigenvalue weighted by atomic mass is 10.1. The van der Waals surface area contributed by atoms with Gasteiger partial charge in [-0.3, -0.25) is 4.79 Å². The van der Waals surface area contributed by atoms with Crippen LogP contribution in [0.4, 0.5) is 0 Å². The standard InChI is InChI=1S/C26H21BrN2O3/c27-26-23-9-5-4-8-21(23)12-15-24(26)32-18-25(30)29-28-16-19-10-13-22(14-11-19)31-17-20-6-2-1-3-7-20/h1-16H,17-18H2,(H,29,30)/b28-16-. The molecule has 4 rings (SSSR count). The lowest BCUT2D eigenvalue weighted by molar-refractivity contribution is -0.123. The molecule has 0 radical (unpaired) electrons. The van der Waals surface area contributed by atoms with E-state index in [2.05, 4.69) is 26.5 Å². The molecule has 4 aromatic carbocycles. The van der Waals surface area contributed by atoms with E-state index < -0.39 is 0 Å². The smallest absolute Gasteiger partial charge is 0.277 e. The van der Waals surface area contributed by atoms with Crippen molar-refractivity contribution in [3.63, 3.8) is 0 Å². The van der Waals surface area contributed by atoms with E-state index >= 15 is 0 Å². The zero-order valence-corrected chi connectivity index (χ0v) is 18.8. The number of hydrogen-bond donors (Lipinski definition) is 1. The number of nitrogens with one attached hydrogen (secondary N) is 1. The van der Waals surface area contributed by atoms with Gasteiger partial charge < -0.3 is 9.47 Å². The van der Waals surface area contributed by atoms with E-state index in [0.717, 1.165) is 32.1 Å². The predicted octanol–water partition coefficient (Wildman–Crippen LogP) is 5.71. The average Bonchev–Trinajstić information content (AvgIpc) is 2.84. The summed E-state index contributed by atoms with van der Waals surface area (Å²) in [4.78, 5) is 12.1. The van der Waals surface area contributed by atoms with Crippen molar-refractivity contribution >= 4 is 38.8 Å². The summed E-state index contributed by atoms with van der Waals surface area (Å²) in [5.41, 5.74) is 4.43. The number of benzene rings is 4. The Hall–Kier alpha value is -3.64. The molecule has 6 heteroatoms. The molecule has 1 amide bonds. The van der Waals surface area contributed by atoms with Crippen LogP contribution in [0.2, 0.25) is 0 Å². The Labute approximate surface area is 194 Å². The third-order valence-corrected chi connectivity index (χ3v) is 5.54. The summed E-state index contributed by atoms with van der Waals surface area (Å²) in [5, 5.41) is 6.11. The van der Waals surface area contributed by atoms with E-state index in [1.54, 1.807) is 6.21 Å². The fourth-order valence-corrected chi connectivity index (χ4v) is 3.68. The molecule has 0 aliphatic rings. The van der Waals surface area contributed by atoms with Crippen LogP contribution >= 0.6 is 15.9 Å². The van der Waals surface area contributed by atoms with Gasteiger partial charge in [-0.05, 0) is 68.2 Å². The topological polar surface area (TPSA) is 59.9 Å².